The molecule has 4 heteroatoms. The van der Waals surface area contributed by atoms with Crippen molar-refractivity contribution in [3.05, 3.63) is 12.2 Å². The number of aromatic nitrogens is 3. The van der Waals surface area contributed by atoms with E-state index in [-0.39, 0.29) is 0 Å². The Morgan fingerprint density at radius 1 is 1.44 bits per heavy atom. The minimum absolute atomic E-state index is 0.596. The van der Waals surface area contributed by atoms with Crippen molar-refractivity contribution < 1.29 is 0 Å². The van der Waals surface area contributed by atoms with Crippen LogP contribution in [-0.2, 0) is 6.54 Å². The van der Waals surface area contributed by atoms with Gasteiger partial charge in [-0.1, -0.05) is 26.7 Å². The monoisotopic (exact) mass is 222 g/mol. The zero-order chi connectivity index (χ0) is 11.4. The molecule has 0 saturated heterocycles. The Morgan fingerprint density at radius 3 is 2.88 bits per heavy atom. The second-order valence-electron chi connectivity index (χ2n) is 5.08. The third kappa shape index (κ3) is 2.82. The van der Waals surface area contributed by atoms with E-state index in [0.717, 1.165) is 18.9 Å². The lowest BCUT2D eigenvalue weighted by atomic mass is 10.2. The fourth-order valence-corrected chi connectivity index (χ4v) is 2.33. The summed E-state index contributed by atoms with van der Waals surface area (Å²) in [5, 5.41) is 7.79. The van der Waals surface area contributed by atoms with Crippen molar-refractivity contribution in [2.75, 3.05) is 6.54 Å². The average Bonchev–Trinajstić information content (AvgIpc) is 2.84. The van der Waals surface area contributed by atoms with Gasteiger partial charge in [0.1, 0.15) is 12.2 Å². The first kappa shape index (κ1) is 11.6. The van der Waals surface area contributed by atoms with Gasteiger partial charge in [0.2, 0.25) is 0 Å². The summed E-state index contributed by atoms with van der Waals surface area (Å²) in [4.78, 5) is 4.35. The molecule has 1 N–H and O–H groups in total. The number of hydrogen-bond acceptors (Lipinski definition) is 3. The average molecular weight is 222 g/mol. The Bertz CT molecular complexity index is 313. The van der Waals surface area contributed by atoms with Crippen molar-refractivity contribution in [3.8, 4) is 0 Å². The van der Waals surface area contributed by atoms with Crippen LogP contribution in [0.1, 0.15) is 51.4 Å². The summed E-state index contributed by atoms with van der Waals surface area (Å²) in [6.45, 7) is 6.32. The van der Waals surface area contributed by atoms with E-state index >= 15 is 0 Å². The topological polar surface area (TPSA) is 42.7 Å². The van der Waals surface area contributed by atoms with Crippen LogP contribution in [0.3, 0.4) is 0 Å². The molecule has 1 saturated carbocycles. The molecule has 0 amide bonds. The first-order valence-electron chi connectivity index (χ1n) is 6.36. The highest BCUT2D eigenvalue weighted by Crippen LogP contribution is 2.29. The Kier molecular flexibility index (Phi) is 3.93. The van der Waals surface area contributed by atoms with Crippen molar-refractivity contribution in [3.63, 3.8) is 0 Å². The van der Waals surface area contributed by atoms with Crippen LogP contribution in [0.2, 0.25) is 0 Å². The number of rotatable bonds is 5. The first-order valence-corrected chi connectivity index (χ1v) is 6.36. The van der Waals surface area contributed by atoms with E-state index in [1.54, 1.807) is 6.33 Å². The molecule has 0 aliphatic heterocycles. The smallest absolute Gasteiger partial charge is 0.141 e. The third-order valence-electron chi connectivity index (χ3n) is 3.15. The number of hydrogen-bond donors (Lipinski definition) is 1. The molecule has 2 rings (SSSR count). The van der Waals surface area contributed by atoms with Gasteiger partial charge in [-0.3, -0.25) is 0 Å². The van der Waals surface area contributed by atoms with Crippen molar-refractivity contribution >= 4 is 0 Å². The third-order valence-corrected chi connectivity index (χ3v) is 3.15. The maximum absolute atomic E-state index is 4.36. The van der Waals surface area contributed by atoms with Gasteiger partial charge in [-0.15, -0.1) is 0 Å². The van der Waals surface area contributed by atoms with E-state index in [4.69, 9.17) is 0 Å². The van der Waals surface area contributed by atoms with E-state index in [2.05, 4.69) is 33.9 Å². The summed E-state index contributed by atoms with van der Waals surface area (Å²) in [5.41, 5.74) is 0. The highest BCUT2D eigenvalue weighted by molar-refractivity contribution is 4.89. The van der Waals surface area contributed by atoms with Crippen molar-refractivity contribution in [1.29, 1.82) is 0 Å². The number of nitrogens with one attached hydrogen (secondary N) is 1. The van der Waals surface area contributed by atoms with E-state index in [1.807, 2.05) is 0 Å². The van der Waals surface area contributed by atoms with Crippen LogP contribution >= 0.6 is 0 Å². The van der Waals surface area contributed by atoms with E-state index in [9.17, 15) is 0 Å². The lowest BCUT2D eigenvalue weighted by molar-refractivity contribution is 0.433. The number of nitrogens with zero attached hydrogens (tertiary/aromatic N) is 3. The summed E-state index contributed by atoms with van der Waals surface area (Å²) >= 11 is 0. The Hall–Kier alpha value is -0.900. The van der Waals surface area contributed by atoms with E-state index in [1.165, 1.54) is 25.7 Å². The van der Waals surface area contributed by atoms with Gasteiger partial charge in [0.05, 0.1) is 12.6 Å². The second-order valence-corrected chi connectivity index (χ2v) is 5.08. The van der Waals surface area contributed by atoms with Gasteiger partial charge >= 0.3 is 0 Å². The van der Waals surface area contributed by atoms with Gasteiger partial charge in [0.15, 0.2) is 0 Å². The standard InChI is InChI=1S/C12H22N4/c1-10(2)7-13-8-12-14-9-15-16(12)11-5-3-4-6-11/h9-11,13H,3-8H2,1-2H3. The molecule has 0 spiro atoms. The minimum atomic E-state index is 0.596. The fraction of sp³-hybridized carbons (Fsp3) is 0.833. The van der Waals surface area contributed by atoms with Crippen molar-refractivity contribution in [1.82, 2.24) is 20.1 Å². The van der Waals surface area contributed by atoms with E-state index in [0.29, 0.717) is 12.0 Å². The molecule has 1 aromatic heterocycles. The molecule has 1 fully saturated rings. The van der Waals surface area contributed by atoms with Crippen LogP contribution in [0, 0.1) is 5.92 Å². The van der Waals surface area contributed by atoms with Crippen LogP contribution < -0.4 is 5.32 Å². The molecule has 0 radical (unpaired) electrons. The quantitative estimate of drug-likeness (QED) is 0.830. The highest BCUT2D eigenvalue weighted by atomic mass is 15.4. The van der Waals surface area contributed by atoms with Crippen molar-refractivity contribution in [2.45, 2.75) is 52.1 Å². The predicted molar refractivity (Wildman–Crippen MR) is 64.1 cm³/mol. The molecule has 90 valence electrons. The molecule has 1 aliphatic rings. The van der Waals surface area contributed by atoms with Gasteiger partial charge in [-0.25, -0.2) is 9.67 Å². The SMILES string of the molecule is CC(C)CNCc1ncnn1C1CCCC1. The van der Waals surface area contributed by atoms with E-state index < -0.39 is 0 Å². The maximum atomic E-state index is 4.36. The van der Waals surface area contributed by atoms with Crippen LogP contribution in [0.15, 0.2) is 6.33 Å². The molecule has 0 atom stereocenters. The van der Waals surface area contributed by atoms with Crippen LogP contribution in [-0.4, -0.2) is 21.3 Å². The largest absolute Gasteiger partial charge is 0.310 e. The van der Waals surface area contributed by atoms with Crippen LogP contribution in [0.5, 0.6) is 0 Å². The summed E-state index contributed by atoms with van der Waals surface area (Å²) in [6, 6.07) is 0.596. The Labute approximate surface area is 97.5 Å². The summed E-state index contributed by atoms with van der Waals surface area (Å²) in [7, 11) is 0. The fourth-order valence-electron chi connectivity index (χ4n) is 2.33. The summed E-state index contributed by atoms with van der Waals surface area (Å²) in [6.07, 6.45) is 6.89. The molecule has 0 bridgehead atoms. The summed E-state index contributed by atoms with van der Waals surface area (Å²) in [5.74, 6) is 1.77. The molecule has 0 aromatic carbocycles. The van der Waals surface area contributed by atoms with Gasteiger partial charge in [0.25, 0.3) is 0 Å². The molecule has 1 aromatic rings. The molecular formula is C12H22N4. The zero-order valence-corrected chi connectivity index (χ0v) is 10.3. The normalized spacial score (nSPS) is 17.4. The Morgan fingerprint density at radius 2 is 2.19 bits per heavy atom. The van der Waals surface area contributed by atoms with Gasteiger partial charge in [0, 0.05) is 0 Å². The van der Waals surface area contributed by atoms with Gasteiger partial charge in [-0.05, 0) is 25.3 Å². The van der Waals surface area contributed by atoms with Crippen molar-refractivity contribution in [2.24, 2.45) is 5.92 Å². The molecule has 4 nitrogen and oxygen atoms in total. The zero-order valence-electron chi connectivity index (χ0n) is 10.3. The molecule has 1 aliphatic carbocycles. The van der Waals surface area contributed by atoms with Gasteiger partial charge in [-0.2, -0.15) is 5.10 Å². The predicted octanol–water partition coefficient (Wildman–Crippen LogP) is 2.14. The maximum Gasteiger partial charge on any atom is 0.141 e. The van der Waals surface area contributed by atoms with Crippen LogP contribution in [0.25, 0.3) is 0 Å². The summed E-state index contributed by atoms with van der Waals surface area (Å²) < 4.78 is 2.13. The molecule has 0 unspecified atom stereocenters. The molecule has 16 heavy (non-hydrogen) atoms. The highest BCUT2D eigenvalue weighted by Gasteiger charge is 2.20. The second kappa shape index (κ2) is 5.43. The lowest BCUT2D eigenvalue weighted by Gasteiger charge is -2.13. The van der Waals surface area contributed by atoms with Gasteiger partial charge < -0.3 is 5.32 Å². The Balaban J connectivity index is 1.91. The molecular weight excluding hydrogens is 200 g/mol. The molecule has 1 heterocycles. The van der Waals surface area contributed by atoms with Crippen LogP contribution in [0.4, 0.5) is 0 Å². The first-order chi connectivity index (χ1) is 7.77. The lowest BCUT2D eigenvalue weighted by Crippen LogP contribution is -2.22. The minimum Gasteiger partial charge on any atom is -0.310 e.